The summed E-state index contributed by atoms with van der Waals surface area (Å²) in [5, 5.41) is 2.08. The van der Waals surface area contributed by atoms with E-state index in [1.807, 2.05) is 36.0 Å². The van der Waals surface area contributed by atoms with Gasteiger partial charge >= 0.3 is 0 Å². The van der Waals surface area contributed by atoms with Gasteiger partial charge in [-0.2, -0.15) is 0 Å². The molecule has 0 radical (unpaired) electrons. The van der Waals surface area contributed by atoms with Crippen molar-refractivity contribution in [1.82, 2.24) is 0 Å². The van der Waals surface area contributed by atoms with E-state index in [9.17, 15) is 4.79 Å². The van der Waals surface area contributed by atoms with Gasteiger partial charge in [0.25, 0.3) is 0 Å². The highest BCUT2D eigenvalue weighted by Crippen LogP contribution is 2.24. The Hall–Kier alpha value is -0.580. The molecule has 4 heteroatoms. The molecule has 1 aromatic carbocycles. The Morgan fingerprint density at radius 3 is 2.67 bits per heavy atom. The smallest absolute Gasteiger partial charge is 0.162 e. The lowest BCUT2D eigenvalue weighted by Crippen LogP contribution is -1.99. The molecule has 2 aromatic rings. The van der Waals surface area contributed by atoms with Crippen molar-refractivity contribution < 1.29 is 4.79 Å². The number of ketones is 1. The van der Waals surface area contributed by atoms with E-state index in [2.05, 4.69) is 33.4 Å². The molecule has 0 aliphatic carbocycles. The summed E-state index contributed by atoms with van der Waals surface area (Å²) in [6, 6.07) is 11.7. The van der Waals surface area contributed by atoms with Crippen LogP contribution in [0.15, 0.2) is 50.5 Å². The van der Waals surface area contributed by atoms with Crippen molar-refractivity contribution in [2.75, 3.05) is 5.75 Å². The van der Waals surface area contributed by atoms with Crippen molar-refractivity contribution in [2.45, 2.75) is 17.1 Å². The second-order valence-corrected chi connectivity index (χ2v) is 7.07. The Balaban J connectivity index is 1.73. The molecule has 1 heterocycles. The van der Waals surface area contributed by atoms with Crippen molar-refractivity contribution in [1.29, 1.82) is 0 Å². The molecule has 0 saturated heterocycles. The van der Waals surface area contributed by atoms with Gasteiger partial charge in [0.05, 0.1) is 4.21 Å². The van der Waals surface area contributed by atoms with E-state index in [4.69, 9.17) is 0 Å². The van der Waals surface area contributed by atoms with Crippen LogP contribution in [0.4, 0.5) is 0 Å². The second-order valence-electron chi connectivity index (χ2n) is 3.81. The van der Waals surface area contributed by atoms with E-state index in [-0.39, 0.29) is 5.78 Å². The molecule has 0 fully saturated rings. The maximum Gasteiger partial charge on any atom is 0.162 e. The van der Waals surface area contributed by atoms with Gasteiger partial charge in [-0.3, -0.25) is 4.79 Å². The molecule has 0 unspecified atom stereocenters. The molecular formula is C14H13BrOS2. The summed E-state index contributed by atoms with van der Waals surface area (Å²) in [6.45, 7) is 0. The van der Waals surface area contributed by atoms with Crippen LogP contribution in [0.1, 0.15) is 23.2 Å². The van der Waals surface area contributed by atoms with Crippen molar-refractivity contribution in [3.05, 3.63) is 51.8 Å². The zero-order chi connectivity index (χ0) is 12.8. The van der Waals surface area contributed by atoms with E-state index in [1.165, 1.54) is 4.21 Å². The normalized spacial score (nSPS) is 10.5. The van der Waals surface area contributed by atoms with Crippen molar-refractivity contribution >= 4 is 44.8 Å². The molecule has 0 atom stereocenters. The first-order chi connectivity index (χ1) is 8.75. The lowest BCUT2D eigenvalue weighted by atomic mass is 10.1. The predicted octanol–water partition coefficient (Wildman–Crippen LogP) is 5.27. The SMILES string of the molecule is O=C(CCCSc1cccs1)c1ccc(Br)cc1. The van der Waals surface area contributed by atoms with E-state index < -0.39 is 0 Å². The molecule has 18 heavy (non-hydrogen) atoms. The van der Waals surface area contributed by atoms with Gasteiger partial charge in [0.1, 0.15) is 0 Å². The second kappa shape index (κ2) is 7.12. The van der Waals surface area contributed by atoms with Gasteiger partial charge in [0.2, 0.25) is 0 Å². The highest BCUT2D eigenvalue weighted by Gasteiger charge is 2.05. The fraction of sp³-hybridized carbons (Fsp3) is 0.214. The zero-order valence-electron chi connectivity index (χ0n) is 9.77. The number of carbonyl (C=O) groups excluding carboxylic acids is 1. The summed E-state index contributed by atoms with van der Waals surface area (Å²) in [5.41, 5.74) is 0.805. The van der Waals surface area contributed by atoms with E-state index >= 15 is 0 Å². The topological polar surface area (TPSA) is 17.1 Å². The Kier molecular flexibility index (Phi) is 5.47. The molecule has 2 rings (SSSR count). The third-order valence-corrected chi connectivity index (χ3v) is 5.20. The maximum absolute atomic E-state index is 11.9. The Morgan fingerprint density at radius 1 is 1.22 bits per heavy atom. The number of thioether (sulfide) groups is 1. The van der Waals surface area contributed by atoms with Gasteiger partial charge in [-0.1, -0.05) is 34.1 Å². The summed E-state index contributed by atoms with van der Waals surface area (Å²) in [4.78, 5) is 11.9. The number of Topliss-reactive ketones (excluding diaryl/α,β-unsaturated/α-hetero) is 1. The van der Waals surface area contributed by atoms with Crippen LogP contribution in [-0.2, 0) is 0 Å². The Bertz CT molecular complexity index is 491. The van der Waals surface area contributed by atoms with Crippen LogP contribution in [0, 0.1) is 0 Å². The molecule has 0 amide bonds. The van der Waals surface area contributed by atoms with Gasteiger partial charge in [-0.15, -0.1) is 23.1 Å². The van der Waals surface area contributed by atoms with Crippen LogP contribution < -0.4 is 0 Å². The zero-order valence-corrected chi connectivity index (χ0v) is 13.0. The van der Waals surface area contributed by atoms with Gasteiger partial charge < -0.3 is 0 Å². The van der Waals surface area contributed by atoms with Gasteiger partial charge in [0, 0.05) is 16.5 Å². The minimum Gasteiger partial charge on any atom is -0.294 e. The first-order valence-corrected chi connectivity index (χ1v) is 8.36. The number of halogens is 1. The summed E-state index contributed by atoms with van der Waals surface area (Å²) in [7, 11) is 0. The van der Waals surface area contributed by atoms with Crippen molar-refractivity contribution in [3.63, 3.8) is 0 Å². The van der Waals surface area contributed by atoms with E-state index in [0.29, 0.717) is 6.42 Å². The summed E-state index contributed by atoms with van der Waals surface area (Å²) in [5.74, 6) is 1.23. The summed E-state index contributed by atoms with van der Waals surface area (Å²) >= 11 is 6.95. The van der Waals surface area contributed by atoms with Crippen LogP contribution >= 0.6 is 39.0 Å². The fourth-order valence-corrected chi connectivity index (χ4v) is 3.60. The van der Waals surface area contributed by atoms with Crippen LogP contribution in [-0.4, -0.2) is 11.5 Å². The fourth-order valence-electron chi connectivity index (χ4n) is 1.53. The van der Waals surface area contributed by atoms with Crippen molar-refractivity contribution in [2.24, 2.45) is 0 Å². The largest absolute Gasteiger partial charge is 0.294 e. The Labute approximate surface area is 124 Å². The number of carbonyl (C=O) groups is 1. The lowest BCUT2D eigenvalue weighted by Gasteiger charge is -2.01. The monoisotopic (exact) mass is 340 g/mol. The number of thiophene rings is 1. The van der Waals surface area contributed by atoms with Crippen LogP contribution in [0.2, 0.25) is 0 Å². The highest BCUT2D eigenvalue weighted by atomic mass is 79.9. The quantitative estimate of drug-likeness (QED) is 0.405. The van der Waals surface area contributed by atoms with E-state index in [1.54, 1.807) is 11.3 Å². The van der Waals surface area contributed by atoms with Gasteiger partial charge in [0.15, 0.2) is 5.78 Å². The molecular weight excluding hydrogens is 328 g/mol. The number of rotatable bonds is 6. The Morgan fingerprint density at radius 2 is 2.00 bits per heavy atom. The number of hydrogen-bond acceptors (Lipinski definition) is 3. The standard InChI is InChI=1S/C14H13BrOS2/c15-12-7-5-11(6-8-12)13(16)3-1-9-17-14-4-2-10-18-14/h2,4-8,10H,1,3,9H2. The first kappa shape index (κ1) is 13.8. The molecule has 1 aromatic heterocycles. The average molecular weight is 341 g/mol. The molecule has 0 N–H and O–H groups in total. The number of hydrogen-bond donors (Lipinski definition) is 0. The predicted molar refractivity (Wildman–Crippen MR) is 82.7 cm³/mol. The van der Waals surface area contributed by atoms with Crippen LogP contribution in [0.5, 0.6) is 0 Å². The van der Waals surface area contributed by atoms with E-state index in [0.717, 1.165) is 22.2 Å². The van der Waals surface area contributed by atoms with Gasteiger partial charge in [-0.25, -0.2) is 0 Å². The highest BCUT2D eigenvalue weighted by molar-refractivity contribution is 9.10. The minimum atomic E-state index is 0.231. The van der Waals surface area contributed by atoms with Crippen LogP contribution in [0.3, 0.4) is 0 Å². The maximum atomic E-state index is 11.9. The summed E-state index contributed by atoms with van der Waals surface area (Å²) in [6.07, 6.45) is 1.55. The molecule has 0 bridgehead atoms. The molecule has 0 saturated carbocycles. The van der Waals surface area contributed by atoms with Gasteiger partial charge in [-0.05, 0) is 35.8 Å². The molecule has 0 aliphatic rings. The molecule has 0 aliphatic heterocycles. The average Bonchev–Trinajstić information content (AvgIpc) is 2.88. The third kappa shape index (κ3) is 4.26. The molecule has 94 valence electrons. The molecule has 0 spiro atoms. The third-order valence-electron chi connectivity index (χ3n) is 2.45. The van der Waals surface area contributed by atoms with Crippen molar-refractivity contribution in [3.8, 4) is 0 Å². The minimum absolute atomic E-state index is 0.231. The molecule has 1 nitrogen and oxygen atoms in total. The lowest BCUT2D eigenvalue weighted by molar-refractivity contribution is 0.0982. The summed E-state index contributed by atoms with van der Waals surface area (Å²) < 4.78 is 2.33. The first-order valence-electron chi connectivity index (χ1n) is 5.71. The number of benzene rings is 1. The van der Waals surface area contributed by atoms with Crippen LogP contribution in [0.25, 0.3) is 0 Å².